The molecule has 2 N–H and O–H groups in total. The molecule has 3 aromatic rings. The molecular weight excluding hydrogens is 578 g/mol. The Morgan fingerprint density at radius 3 is 2.36 bits per heavy atom. The first-order chi connectivity index (χ1) is 20.9. The van der Waals surface area contributed by atoms with E-state index in [0.29, 0.717) is 29.9 Å². The molecule has 3 aliphatic rings. The first-order valence-electron chi connectivity index (χ1n) is 15.6. The molecule has 0 aromatic carbocycles. The van der Waals surface area contributed by atoms with Crippen LogP contribution in [0.3, 0.4) is 0 Å². The van der Waals surface area contributed by atoms with E-state index in [1.807, 2.05) is 19.9 Å². The van der Waals surface area contributed by atoms with Crippen LogP contribution in [-0.2, 0) is 4.79 Å². The minimum absolute atomic E-state index is 0.0510. The lowest BCUT2D eigenvalue weighted by Gasteiger charge is -2.33. The number of alkyl halides is 4. The van der Waals surface area contributed by atoms with E-state index in [9.17, 15) is 27.2 Å². The zero-order valence-electron chi connectivity index (χ0n) is 25.0. The smallest absolute Gasteiger partial charge is 0.270 e. The SMILES string of the molecule is CC(C)n1nccc1C(=O)N[C@H](c1cn2ncc([C@H](NC(=O)CC3CCCC3(F)F)C3CC3)cc2n1)C1CCC(F)(F)CC1. The normalized spacial score (nSPS) is 23.1. The van der Waals surface area contributed by atoms with E-state index < -0.39 is 29.7 Å². The first kappa shape index (κ1) is 30.5. The topological polar surface area (TPSA) is 106 Å². The van der Waals surface area contributed by atoms with E-state index in [4.69, 9.17) is 4.98 Å². The third-order valence-electron chi connectivity index (χ3n) is 9.45. The molecule has 3 heterocycles. The number of aromatic nitrogens is 5. The Hall–Kier alpha value is -3.51. The molecule has 0 spiro atoms. The predicted octanol–water partition coefficient (Wildman–Crippen LogP) is 6.20. The van der Waals surface area contributed by atoms with Crippen LogP contribution in [0, 0.1) is 17.8 Å². The van der Waals surface area contributed by atoms with Crippen LogP contribution in [-0.4, -0.2) is 48.0 Å². The summed E-state index contributed by atoms with van der Waals surface area (Å²) in [7, 11) is 0. The van der Waals surface area contributed by atoms with Gasteiger partial charge in [-0.05, 0) is 81.9 Å². The van der Waals surface area contributed by atoms with Gasteiger partial charge in [-0.15, -0.1) is 0 Å². The number of rotatable bonds is 10. The average Bonchev–Trinajstić information content (AvgIpc) is 3.36. The lowest BCUT2D eigenvalue weighted by Crippen LogP contribution is -2.38. The molecule has 3 aliphatic carbocycles. The van der Waals surface area contributed by atoms with Crippen LogP contribution >= 0.6 is 0 Å². The number of imidazole rings is 1. The van der Waals surface area contributed by atoms with E-state index in [2.05, 4.69) is 20.8 Å². The summed E-state index contributed by atoms with van der Waals surface area (Å²) in [5.74, 6) is -7.32. The quantitative estimate of drug-likeness (QED) is 0.264. The Labute approximate surface area is 253 Å². The van der Waals surface area contributed by atoms with Gasteiger partial charge in [-0.25, -0.2) is 27.1 Å². The fourth-order valence-corrected chi connectivity index (χ4v) is 6.79. The third kappa shape index (κ3) is 6.46. The number of hydrogen-bond donors (Lipinski definition) is 2. The summed E-state index contributed by atoms with van der Waals surface area (Å²) in [5, 5.41) is 14.8. The second-order valence-electron chi connectivity index (χ2n) is 13.1. The molecule has 9 nitrogen and oxygen atoms in total. The highest BCUT2D eigenvalue weighted by Gasteiger charge is 2.45. The zero-order chi connectivity index (χ0) is 31.2. The van der Waals surface area contributed by atoms with Crippen molar-refractivity contribution in [2.45, 2.75) is 108 Å². The molecule has 44 heavy (non-hydrogen) atoms. The molecule has 1 unspecified atom stereocenters. The second kappa shape index (κ2) is 11.8. The molecule has 3 aromatic heterocycles. The monoisotopic (exact) mass is 617 g/mol. The highest BCUT2D eigenvalue weighted by Crippen LogP contribution is 2.44. The molecular formula is C31H39F4N7O2. The Morgan fingerprint density at radius 1 is 0.977 bits per heavy atom. The molecule has 0 aliphatic heterocycles. The van der Waals surface area contributed by atoms with Gasteiger partial charge in [-0.3, -0.25) is 14.3 Å². The summed E-state index contributed by atoms with van der Waals surface area (Å²) in [6.07, 6.45) is 7.00. The molecule has 3 atom stereocenters. The highest BCUT2D eigenvalue weighted by molar-refractivity contribution is 5.92. The Kier molecular flexibility index (Phi) is 8.17. The number of carbonyl (C=O) groups excluding carboxylic acids is 2. The van der Waals surface area contributed by atoms with Gasteiger partial charge in [0.15, 0.2) is 5.65 Å². The number of amides is 2. The fourth-order valence-electron chi connectivity index (χ4n) is 6.79. The van der Waals surface area contributed by atoms with Crippen LogP contribution in [0.15, 0.2) is 30.7 Å². The number of hydrogen-bond acceptors (Lipinski definition) is 5. The van der Waals surface area contributed by atoms with Gasteiger partial charge in [-0.2, -0.15) is 10.2 Å². The highest BCUT2D eigenvalue weighted by atomic mass is 19.3. The summed E-state index contributed by atoms with van der Waals surface area (Å²) >= 11 is 0. The van der Waals surface area contributed by atoms with Crippen LogP contribution in [0.4, 0.5) is 17.6 Å². The Balaban J connectivity index is 1.24. The predicted molar refractivity (Wildman–Crippen MR) is 153 cm³/mol. The van der Waals surface area contributed by atoms with Crippen molar-refractivity contribution in [1.82, 2.24) is 35.0 Å². The van der Waals surface area contributed by atoms with Crippen LogP contribution in [0.2, 0.25) is 0 Å². The molecule has 238 valence electrons. The van der Waals surface area contributed by atoms with Crippen molar-refractivity contribution >= 4 is 17.5 Å². The summed E-state index contributed by atoms with van der Waals surface area (Å²) in [6.45, 7) is 3.83. The summed E-state index contributed by atoms with van der Waals surface area (Å²) < 4.78 is 59.6. The fraction of sp³-hybridized carbons (Fsp3) is 0.645. The number of carbonyl (C=O) groups is 2. The van der Waals surface area contributed by atoms with Gasteiger partial charge in [0.05, 0.1) is 30.2 Å². The van der Waals surface area contributed by atoms with Crippen LogP contribution in [0.1, 0.15) is 118 Å². The van der Waals surface area contributed by atoms with Crippen molar-refractivity contribution in [3.8, 4) is 0 Å². The van der Waals surface area contributed by atoms with Crippen LogP contribution in [0.5, 0.6) is 0 Å². The van der Waals surface area contributed by atoms with Crippen molar-refractivity contribution in [3.63, 3.8) is 0 Å². The van der Waals surface area contributed by atoms with Gasteiger partial charge < -0.3 is 10.6 Å². The lowest BCUT2D eigenvalue weighted by atomic mass is 9.81. The molecule has 3 fully saturated rings. The molecule has 6 rings (SSSR count). The summed E-state index contributed by atoms with van der Waals surface area (Å²) in [6, 6.07) is 2.38. The van der Waals surface area contributed by atoms with Gasteiger partial charge in [0, 0.05) is 43.8 Å². The maximum absolute atomic E-state index is 14.2. The van der Waals surface area contributed by atoms with Gasteiger partial charge in [0.1, 0.15) is 5.69 Å². The third-order valence-corrected chi connectivity index (χ3v) is 9.45. The number of nitrogens with one attached hydrogen (secondary N) is 2. The zero-order valence-corrected chi connectivity index (χ0v) is 25.0. The Bertz CT molecular complexity index is 1510. The molecule has 0 radical (unpaired) electrons. The second-order valence-corrected chi connectivity index (χ2v) is 13.1. The minimum Gasteiger partial charge on any atom is -0.349 e. The van der Waals surface area contributed by atoms with E-state index in [0.717, 1.165) is 18.4 Å². The molecule has 0 bridgehead atoms. The summed E-state index contributed by atoms with van der Waals surface area (Å²) in [4.78, 5) is 31.1. The first-order valence-corrected chi connectivity index (χ1v) is 15.6. The molecule has 2 amide bonds. The van der Waals surface area contributed by atoms with Crippen molar-refractivity contribution in [3.05, 3.63) is 47.7 Å². The van der Waals surface area contributed by atoms with Gasteiger partial charge in [0.2, 0.25) is 11.8 Å². The molecule has 3 saturated carbocycles. The molecule has 13 heteroatoms. The Morgan fingerprint density at radius 2 is 1.70 bits per heavy atom. The van der Waals surface area contributed by atoms with Crippen LogP contribution in [0.25, 0.3) is 5.65 Å². The van der Waals surface area contributed by atoms with E-state index in [1.54, 1.807) is 33.9 Å². The number of nitrogens with zero attached hydrogens (tertiary/aromatic N) is 5. The van der Waals surface area contributed by atoms with Crippen molar-refractivity contribution in [2.75, 3.05) is 0 Å². The number of halogens is 4. The van der Waals surface area contributed by atoms with E-state index in [-0.39, 0.29) is 68.4 Å². The minimum atomic E-state index is -2.81. The van der Waals surface area contributed by atoms with Crippen LogP contribution < -0.4 is 10.6 Å². The van der Waals surface area contributed by atoms with E-state index in [1.165, 1.54) is 0 Å². The maximum Gasteiger partial charge on any atom is 0.270 e. The van der Waals surface area contributed by atoms with Gasteiger partial charge in [-0.1, -0.05) is 0 Å². The molecule has 0 saturated heterocycles. The van der Waals surface area contributed by atoms with Gasteiger partial charge in [0.25, 0.3) is 11.8 Å². The maximum atomic E-state index is 14.2. The lowest BCUT2D eigenvalue weighted by molar-refractivity contribution is -0.126. The largest absolute Gasteiger partial charge is 0.349 e. The number of fused-ring (bicyclic) bond motifs is 1. The average molecular weight is 618 g/mol. The summed E-state index contributed by atoms with van der Waals surface area (Å²) in [5.41, 5.74) is 2.08. The van der Waals surface area contributed by atoms with E-state index >= 15 is 0 Å². The van der Waals surface area contributed by atoms with Crippen molar-refractivity contribution < 1.29 is 27.2 Å². The van der Waals surface area contributed by atoms with Crippen molar-refractivity contribution in [2.24, 2.45) is 17.8 Å². The van der Waals surface area contributed by atoms with Gasteiger partial charge >= 0.3 is 0 Å². The van der Waals surface area contributed by atoms with Crippen molar-refractivity contribution in [1.29, 1.82) is 0 Å². The standard InChI is InChI=1S/C31H39F4N7O2/c1-18(2)42-24(9-13-36-42)29(44)40-28(20-7-11-30(32,33)12-8-20)23-17-41-25(38-23)14-21(16-37-41)27(19-5-6-19)39-26(43)15-22-4-3-10-31(22,34)35/h9,13-14,16-20,22,27-28H,3-8,10-12,15H2,1-2H3,(H,39,43)(H,40,44)/t22?,27-,28+/m1/s1.